The van der Waals surface area contributed by atoms with Gasteiger partial charge in [0, 0.05) is 13.2 Å². The third kappa shape index (κ3) is 3.42. The predicted octanol–water partition coefficient (Wildman–Crippen LogP) is 6.13. The van der Waals surface area contributed by atoms with E-state index in [1.165, 1.54) is 5.56 Å². The van der Waals surface area contributed by atoms with Gasteiger partial charge in [-0.1, -0.05) is 44.2 Å². The standard InChI is InChI=1S/C27H28N2O3.H2/c1-16(2)19-6-5-7-20(12-19)22-14-28-25(18(4)17(22)3)29-26(30)27(10-11-27)21-8-9-23-24(13-21)32-15-31-23;/h5-9,12-14,16H,10-11,15H2,1-4H3,(H,28,29,30);1H. The van der Waals surface area contributed by atoms with Crippen molar-refractivity contribution >= 4 is 11.7 Å². The lowest BCUT2D eigenvalue weighted by Crippen LogP contribution is -2.28. The Bertz CT molecular complexity index is 1220. The molecule has 166 valence electrons. The number of carbonyl (C=O) groups excluding carboxylic acids is 1. The van der Waals surface area contributed by atoms with Gasteiger partial charge in [0.1, 0.15) is 5.82 Å². The molecule has 5 nitrogen and oxygen atoms in total. The number of nitrogens with one attached hydrogen (secondary N) is 1. The van der Waals surface area contributed by atoms with Gasteiger partial charge in [-0.2, -0.15) is 0 Å². The molecular formula is C27H30N2O3. The summed E-state index contributed by atoms with van der Waals surface area (Å²) in [5, 5.41) is 3.11. The van der Waals surface area contributed by atoms with Crippen molar-refractivity contribution < 1.29 is 15.7 Å². The Hall–Kier alpha value is -3.34. The SMILES string of the molecule is Cc1c(-c2cccc(C(C)C)c2)cnc(NC(=O)C2(c3ccc4c(c3)OCO4)CC2)c1C.[HH]. The summed E-state index contributed by atoms with van der Waals surface area (Å²) >= 11 is 0. The number of amides is 1. The first-order chi connectivity index (χ1) is 15.4. The second-order valence-corrected chi connectivity index (χ2v) is 9.15. The summed E-state index contributed by atoms with van der Waals surface area (Å²) in [6, 6.07) is 14.4. The maximum absolute atomic E-state index is 13.3. The number of ether oxygens (including phenoxy) is 2. The highest BCUT2D eigenvalue weighted by molar-refractivity contribution is 6.01. The molecule has 3 aromatic rings. The van der Waals surface area contributed by atoms with Gasteiger partial charge in [-0.25, -0.2) is 4.98 Å². The summed E-state index contributed by atoms with van der Waals surface area (Å²) in [5.41, 5.74) is 6.12. The number of pyridine rings is 1. The molecule has 1 aromatic heterocycles. The fourth-order valence-electron chi connectivity index (χ4n) is 4.38. The van der Waals surface area contributed by atoms with Crippen molar-refractivity contribution in [1.82, 2.24) is 4.98 Å². The lowest BCUT2D eigenvalue weighted by atomic mass is 9.93. The van der Waals surface area contributed by atoms with Crippen LogP contribution >= 0.6 is 0 Å². The van der Waals surface area contributed by atoms with Gasteiger partial charge in [0.05, 0.1) is 5.41 Å². The quantitative estimate of drug-likeness (QED) is 0.529. The zero-order valence-corrected chi connectivity index (χ0v) is 19.0. The van der Waals surface area contributed by atoms with Crippen LogP contribution in [-0.2, 0) is 10.2 Å². The van der Waals surface area contributed by atoms with E-state index in [0.717, 1.165) is 46.4 Å². The number of rotatable bonds is 5. The highest BCUT2D eigenvalue weighted by Gasteiger charge is 2.52. The summed E-state index contributed by atoms with van der Waals surface area (Å²) in [6.45, 7) is 8.74. The van der Waals surface area contributed by atoms with E-state index in [9.17, 15) is 4.79 Å². The van der Waals surface area contributed by atoms with Gasteiger partial charge in [-0.05, 0) is 72.6 Å². The Morgan fingerprint density at radius 3 is 2.59 bits per heavy atom. The van der Waals surface area contributed by atoms with Crippen molar-refractivity contribution in [3.05, 3.63) is 70.9 Å². The van der Waals surface area contributed by atoms with E-state index in [2.05, 4.69) is 55.3 Å². The highest BCUT2D eigenvalue weighted by Crippen LogP contribution is 2.51. The van der Waals surface area contributed by atoms with E-state index in [1.54, 1.807) is 0 Å². The first kappa shape index (κ1) is 20.6. The summed E-state index contributed by atoms with van der Waals surface area (Å²) in [6.07, 6.45) is 3.50. The van der Waals surface area contributed by atoms with Crippen LogP contribution in [-0.4, -0.2) is 17.7 Å². The van der Waals surface area contributed by atoms with Gasteiger partial charge in [-0.15, -0.1) is 0 Å². The van der Waals surface area contributed by atoms with Crippen LogP contribution in [0.15, 0.2) is 48.7 Å². The van der Waals surface area contributed by atoms with Gasteiger partial charge in [0.25, 0.3) is 0 Å². The van der Waals surface area contributed by atoms with Crippen molar-refractivity contribution in [2.45, 2.75) is 51.9 Å². The van der Waals surface area contributed by atoms with E-state index in [1.807, 2.05) is 31.3 Å². The Labute approximate surface area is 190 Å². The third-order valence-electron chi connectivity index (χ3n) is 6.85. The summed E-state index contributed by atoms with van der Waals surface area (Å²) in [4.78, 5) is 18.0. The molecule has 0 atom stereocenters. The monoisotopic (exact) mass is 430 g/mol. The molecule has 1 amide bonds. The minimum absolute atomic E-state index is 0. The molecule has 0 spiro atoms. The molecule has 1 N–H and O–H groups in total. The fraction of sp³-hybridized carbons (Fsp3) is 0.333. The number of anilines is 1. The molecule has 1 fully saturated rings. The van der Waals surface area contributed by atoms with Crippen LogP contribution in [0.5, 0.6) is 11.5 Å². The van der Waals surface area contributed by atoms with E-state index in [-0.39, 0.29) is 14.1 Å². The van der Waals surface area contributed by atoms with Crippen LogP contribution in [0.3, 0.4) is 0 Å². The largest absolute Gasteiger partial charge is 0.454 e. The normalized spacial score (nSPS) is 15.7. The molecule has 2 aromatic carbocycles. The van der Waals surface area contributed by atoms with Crippen LogP contribution < -0.4 is 14.8 Å². The number of carbonyl (C=O) groups is 1. The van der Waals surface area contributed by atoms with Gasteiger partial charge in [0.2, 0.25) is 12.7 Å². The molecule has 32 heavy (non-hydrogen) atoms. The maximum atomic E-state index is 13.3. The lowest BCUT2D eigenvalue weighted by molar-refractivity contribution is -0.118. The minimum atomic E-state index is -0.521. The summed E-state index contributed by atoms with van der Waals surface area (Å²) in [7, 11) is 0. The molecule has 2 heterocycles. The topological polar surface area (TPSA) is 60.5 Å². The smallest absolute Gasteiger partial charge is 0.236 e. The van der Waals surface area contributed by atoms with Crippen LogP contribution in [0.2, 0.25) is 0 Å². The van der Waals surface area contributed by atoms with Crippen molar-refractivity contribution in [1.29, 1.82) is 0 Å². The van der Waals surface area contributed by atoms with Crippen molar-refractivity contribution in [3.8, 4) is 22.6 Å². The second-order valence-electron chi connectivity index (χ2n) is 9.15. The molecular weight excluding hydrogens is 400 g/mol. The molecule has 0 saturated heterocycles. The lowest BCUT2D eigenvalue weighted by Gasteiger charge is -2.19. The fourth-order valence-corrected chi connectivity index (χ4v) is 4.38. The molecule has 0 radical (unpaired) electrons. The number of hydrogen-bond acceptors (Lipinski definition) is 4. The Balaban J connectivity index is 0.00000259. The molecule has 0 bridgehead atoms. The molecule has 5 heteroatoms. The number of benzene rings is 2. The van der Waals surface area contributed by atoms with Crippen LogP contribution in [0.1, 0.15) is 56.3 Å². The average molecular weight is 431 g/mol. The number of fused-ring (bicyclic) bond motifs is 1. The first-order valence-electron chi connectivity index (χ1n) is 11.2. The minimum Gasteiger partial charge on any atom is -0.454 e. The van der Waals surface area contributed by atoms with Crippen molar-refractivity contribution in [2.24, 2.45) is 0 Å². The van der Waals surface area contributed by atoms with Crippen molar-refractivity contribution in [2.75, 3.05) is 12.1 Å². The van der Waals surface area contributed by atoms with Crippen LogP contribution in [0.4, 0.5) is 5.82 Å². The molecule has 1 aliphatic carbocycles. The van der Waals surface area contributed by atoms with Gasteiger partial charge in [0.15, 0.2) is 11.5 Å². The van der Waals surface area contributed by atoms with Gasteiger partial charge in [-0.3, -0.25) is 4.79 Å². The zero-order chi connectivity index (χ0) is 22.5. The van der Waals surface area contributed by atoms with E-state index in [4.69, 9.17) is 9.47 Å². The number of aromatic nitrogens is 1. The Morgan fingerprint density at radius 2 is 1.84 bits per heavy atom. The summed E-state index contributed by atoms with van der Waals surface area (Å²) in [5.74, 6) is 2.52. The van der Waals surface area contributed by atoms with Crippen LogP contribution in [0, 0.1) is 13.8 Å². The van der Waals surface area contributed by atoms with E-state index < -0.39 is 5.41 Å². The van der Waals surface area contributed by atoms with Gasteiger partial charge >= 0.3 is 0 Å². The van der Waals surface area contributed by atoms with Gasteiger partial charge < -0.3 is 14.8 Å². The highest BCUT2D eigenvalue weighted by atomic mass is 16.7. The number of nitrogens with zero attached hydrogens (tertiary/aromatic N) is 1. The molecule has 0 unspecified atom stereocenters. The summed E-state index contributed by atoms with van der Waals surface area (Å²) < 4.78 is 10.9. The van der Waals surface area contributed by atoms with E-state index in [0.29, 0.717) is 17.5 Å². The molecule has 1 saturated carbocycles. The van der Waals surface area contributed by atoms with Crippen LogP contribution in [0.25, 0.3) is 11.1 Å². The van der Waals surface area contributed by atoms with E-state index >= 15 is 0 Å². The molecule has 5 rings (SSSR count). The first-order valence-corrected chi connectivity index (χ1v) is 11.2. The third-order valence-corrected chi connectivity index (χ3v) is 6.85. The molecule has 2 aliphatic rings. The average Bonchev–Trinajstić information content (AvgIpc) is 3.48. The Kier molecular flexibility index (Phi) is 4.92. The predicted molar refractivity (Wildman–Crippen MR) is 127 cm³/mol. The maximum Gasteiger partial charge on any atom is 0.236 e. The second kappa shape index (κ2) is 7.66. The van der Waals surface area contributed by atoms with Crippen molar-refractivity contribution in [3.63, 3.8) is 0 Å². The Morgan fingerprint density at radius 1 is 1.06 bits per heavy atom. The number of hydrogen-bond donors (Lipinski definition) is 1. The zero-order valence-electron chi connectivity index (χ0n) is 19.0. The molecule has 1 aliphatic heterocycles.